The highest BCUT2D eigenvalue weighted by molar-refractivity contribution is 6.03. The molecule has 1 aromatic rings. The monoisotopic (exact) mass is 497 g/mol. The standard InChI is InChI=1S/C29H47N5O2/c1-7-13-24(30-25-19-23(32-33-25)22-15-10-11-16-22)31-26(14-8-2)34-20-29(9-3,21-34)18-12-17-27(35)36-28(4,5)6/h7,13-14,19,22H,8-12,15-18,20-21H2,1-6H3,(H2,30,31,32,33)/b13-7-,26-14-. The van der Waals surface area contributed by atoms with Crippen molar-refractivity contribution in [3.63, 3.8) is 0 Å². The van der Waals surface area contributed by atoms with E-state index in [1.807, 2.05) is 39.8 Å². The van der Waals surface area contributed by atoms with Gasteiger partial charge in [0.2, 0.25) is 0 Å². The minimum absolute atomic E-state index is 0.0994. The molecule has 2 N–H and O–H groups in total. The zero-order valence-corrected chi connectivity index (χ0v) is 23.3. The van der Waals surface area contributed by atoms with E-state index in [1.165, 1.54) is 31.4 Å². The molecule has 1 aliphatic heterocycles. The number of rotatable bonds is 11. The van der Waals surface area contributed by atoms with Gasteiger partial charge in [-0.15, -0.1) is 0 Å². The number of aliphatic imine (C=N–C) groups is 1. The predicted molar refractivity (Wildman–Crippen MR) is 148 cm³/mol. The first kappa shape index (κ1) is 28.0. The Morgan fingerprint density at radius 2 is 2.03 bits per heavy atom. The van der Waals surface area contributed by atoms with Crippen molar-refractivity contribution in [3.05, 3.63) is 35.8 Å². The number of carbonyl (C=O) groups excluding carboxylic acids is 1. The number of hydrogen-bond acceptors (Lipinski definition) is 5. The SMILES string of the molecule is C\C=C/C(=N\C(=C\CC)N1CC(CC)(CCCC(=O)OC(C)(C)C)C1)Nc1cc(C2CCCC2)[nH]n1. The van der Waals surface area contributed by atoms with Gasteiger partial charge in [-0.05, 0) is 78.4 Å². The van der Waals surface area contributed by atoms with Crippen LogP contribution in [0.25, 0.3) is 0 Å². The maximum atomic E-state index is 12.1. The Kier molecular flexibility index (Phi) is 9.80. The second-order valence-corrected chi connectivity index (χ2v) is 11.4. The number of aromatic nitrogens is 2. The van der Waals surface area contributed by atoms with Gasteiger partial charge in [-0.3, -0.25) is 9.89 Å². The summed E-state index contributed by atoms with van der Waals surface area (Å²) in [5.41, 5.74) is 1.04. The summed E-state index contributed by atoms with van der Waals surface area (Å²) in [6, 6.07) is 2.13. The van der Waals surface area contributed by atoms with Crippen LogP contribution in [0, 0.1) is 5.41 Å². The van der Waals surface area contributed by atoms with Crippen LogP contribution in [0.4, 0.5) is 5.82 Å². The molecule has 0 atom stereocenters. The lowest BCUT2D eigenvalue weighted by Gasteiger charge is -2.51. The summed E-state index contributed by atoms with van der Waals surface area (Å²) >= 11 is 0. The summed E-state index contributed by atoms with van der Waals surface area (Å²) in [5.74, 6) is 3.11. The molecule has 1 aliphatic carbocycles. The van der Waals surface area contributed by atoms with E-state index in [0.717, 1.165) is 56.2 Å². The van der Waals surface area contributed by atoms with Gasteiger partial charge in [0.1, 0.15) is 17.3 Å². The van der Waals surface area contributed by atoms with E-state index in [0.29, 0.717) is 12.3 Å². The highest BCUT2D eigenvalue weighted by Gasteiger charge is 2.42. The predicted octanol–water partition coefficient (Wildman–Crippen LogP) is 6.93. The molecule has 0 unspecified atom stereocenters. The second kappa shape index (κ2) is 12.6. The summed E-state index contributed by atoms with van der Waals surface area (Å²) in [7, 11) is 0. The largest absolute Gasteiger partial charge is 0.460 e. The van der Waals surface area contributed by atoms with Crippen molar-refractivity contribution in [2.24, 2.45) is 10.4 Å². The molecule has 0 bridgehead atoms. The van der Waals surface area contributed by atoms with Crippen LogP contribution in [-0.4, -0.2) is 45.6 Å². The van der Waals surface area contributed by atoms with E-state index < -0.39 is 5.60 Å². The van der Waals surface area contributed by atoms with Crippen LogP contribution in [0.1, 0.15) is 111 Å². The minimum Gasteiger partial charge on any atom is -0.460 e. The van der Waals surface area contributed by atoms with Crippen molar-refractivity contribution in [3.8, 4) is 0 Å². The molecule has 1 aromatic heterocycles. The average molecular weight is 498 g/mol. The van der Waals surface area contributed by atoms with Crippen LogP contribution in [0.3, 0.4) is 0 Å². The summed E-state index contributed by atoms with van der Waals surface area (Å²) < 4.78 is 5.48. The fourth-order valence-electron chi connectivity index (χ4n) is 5.28. The number of nitrogens with one attached hydrogen (secondary N) is 2. The molecule has 2 aliphatic rings. The highest BCUT2D eigenvalue weighted by atomic mass is 16.6. The third kappa shape index (κ3) is 7.97. The zero-order chi connectivity index (χ0) is 26.2. The van der Waals surface area contributed by atoms with Gasteiger partial charge in [-0.1, -0.05) is 32.8 Å². The summed E-state index contributed by atoms with van der Waals surface area (Å²) in [4.78, 5) is 19.5. The van der Waals surface area contributed by atoms with Crippen LogP contribution >= 0.6 is 0 Å². The number of ether oxygens (including phenoxy) is 1. The number of likely N-dealkylation sites (tertiary alicyclic amines) is 1. The summed E-state index contributed by atoms with van der Waals surface area (Å²) in [6.07, 6.45) is 15.7. The van der Waals surface area contributed by atoms with E-state index in [-0.39, 0.29) is 11.4 Å². The van der Waals surface area contributed by atoms with Crippen molar-refractivity contribution in [1.82, 2.24) is 15.1 Å². The van der Waals surface area contributed by atoms with Gasteiger partial charge in [0.15, 0.2) is 5.82 Å². The Morgan fingerprint density at radius 1 is 1.31 bits per heavy atom. The van der Waals surface area contributed by atoms with Crippen LogP contribution < -0.4 is 5.32 Å². The number of hydrogen-bond donors (Lipinski definition) is 2. The van der Waals surface area contributed by atoms with E-state index in [4.69, 9.17) is 9.73 Å². The van der Waals surface area contributed by atoms with E-state index in [1.54, 1.807) is 0 Å². The lowest BCUT2D eigenvalue weighted by Crippen LogP contribution is -2.55. The molecule has 7 nitrogen and oxygen atoms in total. The number of amidine groups is 1. The number of carbonyl (C=O) groups is 1. The van der Waals surface area contributed by atoms with Gasteiger partial charge < -0.3 is 15.0 Å². The molecule has 1 saturated carbocycles. The topological polar surface area (TPSA) is 82.6 Å². The molecule has 7 heteroatoms. The van der Waals surface area contributed by atoms with Crippen molar-refractivity contribution in [1.29, 1.82) is 0 Å². The minimum atomic E-state index is -0.419. The first-order valence-corrected chi connectivity index (χ1v) is 13.9. The molecule has 0 aromatic carbocycles. The third-order valence-corrected chi connectivity index (χ3v) is 7.23. The van der Waals surface area contributed by atoms with Crippen molar-refractivity contribution >= 4 is 17.6 Å². The van der Waals surface area contributed by atoms with Gasteiger partial charge in [-0.2, -0.15) is 5.10 Å². The van der Waals surface area contributed by atoms with Gasteiger partial charge in [0.25, 0.3) is 0 Å². The van der Waals surface area contributed by atoms with Crippen molar-refractivity contribution in [2.45, 2.75) is 111 Å². The molecule has 3 rings (SSSR count). The molecular weight excluding hydrogens is 450 g/mol. The molecule has 1 saturated heterocycles. The Bertz CT molecular complexity index is 941. The molecule has 0 radical (unpaired) electrons. The van der Waals surface area contributed by atoms with Crippen LogP contribution in [0.2, 0.25) is 0 Å². The zero-order valence-electron chi connectivity index (χ0n) is 23.3. The van der Waals surface area contributed by atoms with Crippen molar-refractivity contribution in [2.75, 3.05) is 18.4 Å². The Morgan fingerprint density at radius 3 is 2.64 bits per heavy atom. The smallest absolute Gasteiger partial charge is 0.306 e. The molecule has 2 fully saturated rings. The van der Waals surface area contributed by atoms with Crippen molar-refractivity contribution < 1.29 is 9.53 Å². The second-order valence-electron chi connectivity index (χ2n) is 11.4. The fourth-order valence-corrected chi connectivity index (χ4v) is 5.28. The van der Waals surface area contributed by atoms with E-state index in [2.05, 4.69) is 46.4 Å². The Balaban J connectivity index is 1.61. The van der Waals surface area contributed by atoms with Crippen LogP contribution in [0.5, 0.6) is 0 Å². The maximum absolute atomic E-state index is 12.1. The summed E-state index contributed by atoms with van der Waals surface area (Å²) in [6.45, 7) is 14.1. The number of esters is 1. The molecule has 36 heavy (non-hydrogen) atoms. The third-order valence-electron chi connectivity index (χ3n) is 7.23. The lowest BCUT2D eigenvalue weighted by molar-refractivity contribution is -0.155. The van der Waals surface area contributed by atoms with Gasteiger partial charge >= 0.3 is 5.97 Å². The first-order chi connectivity index (χ1) is 17.2. The molecule has 0 spiro atoms. The van der Waals surface area contributed by atoms with E-state index in [9.17, 15) is 4.79 Å². The van der Waals surface area contributed by atoms with Crippen LogP contribution in [0.15, 0.2) is 35.1 Å². The number of nitrogens with zero attached hydrogens (tertiary/aromatic N) is 3. The fraction of sp³-hybridized carbons (Fsp3) is 0.690. The number of anilines is 1. The molecule has 2 heterocycles. The van der Waals surface area contributed by atoms with E-state index >= 15 is 0 Å². The summed E-state index contributed by atoms with van der Waals surface area (Å²) in [5, 5.41) is 11.1. The molecule has 200 valence electrons. The van der Waals surface area contributed by atoms with Crippen LogP contribution in [-0.2, 0) is 9.53 Å². The van der Waals surface area contributed by atoms with Gasteiger partial charge in [0.05, 0.1) is 0 Å². The van der Waals surface area contributed by atoms with Gasteiger partial charge in [-0.25, -0.2) is 4.99 Å². The highest BCUT2D eigenvalue weighted by Crippen LogP contribution is 2.41. The Hall–Kier alpha value is -2.57. The molecule has 0 amide bonds. The Labute approximate surface area is 217 Å². The average Bonchev–Trinajstić information content (AvgIpc) is 3.46. The van der Waals surface area contributed by atoms with Gasteiger partial charge in [0, 0.05) is 42.6 Å². The molecular formula is C29H47N5O2. The first-order valence-electron chi connectivity index (χ1n) is 13.9. The number of aromatic amines is 1. The lowest BCUT2D eigenvalue weighted by atomic mass is 9.73. The number of H-pyrrole nitrogens is 1. The normalized spacial score (nSPS) is 19.1. The maximum Gasteiger partial charge on any atom is 0.306 e. The number of allylic oxidation sites excluding steroid dienone is 2. The quantitative estimate of drug-likeness (QED) is 0.197.